The summed E-state index contributed by atoms with van der Waals surface area (Å²) in [6.45, 7) is 8.99. The first-order chi connectivity index (χ1) is 20.6. The Hall–Kier alpha value is -2.87. The van der Waals surface area contributed by atoms with E-state index in [2.05, 4.69) is 154 Å². The minimum atomic E-state index is 0. The number of halogens is 2. The molecule has 1 atom stereocenters. The molecule has 0 heterocycles. The summed E-state index contributed by atoms with van der Waals surface area (Å²) in [7, 11) is 1.08. The second-order valence-electron chi connectivity index (χ2n) is 11.8. The molecule has 0 bridgehead atoms. The largest absolute Gasteiger partial charge is 3.00 e. The van der Waals surface area contributed by atoms with E-state index in [0.717, 1.165) is 9.52 Å². The molecular formula is C41H35Cl2SiZr. The fraction of sp³-hybridized carbons (Fsp3) is 0.146. The molecule has 7 aromatic rings. The van der Waals surface area contributed by atoms with Crippen LogP contribution in [0.3, 0.4) is 0 Å². The molecule has 7 aromatic carbocycles. The van der Waals surface area contributed by atoms with E-state index in [0.29, 0.717) is 5.92 Å². The molecule has 1 aliphatic rings. The normalized spacial score (nSPS) is 13.4. The van der Waals surface area contributed by atoms with Crippen molar-refractivity contribution in [2.45, 2.75) is 32.9 Å². The number of hydrogen-bond donors (Lipinski definition) is 0. The van der Waals surface area contributed by atoms with Gasteiger partial charge >= 0.3 is 26.2 Å². The smallest absolute Gasteiger partial charge is 1.00 e. The van der Waals surface area contributed by atoms with E-state index in [1.165, 1.54) is 76.5 Å². The van der Waals surface area contributed by atoms with Crippen molar-refractivity contribution in [2.24, 2.45) is 5.92 Å². The van der Waals surface area contributed by atoms with E-state index < -0.39 is 0 Å². The van der Waals surface area contributed by atoms with Gasteiger partial charge in [-0.1, -0.05) is 147 Å². The minimum Gasteiger partial charge on any atom is -1.00 e. The van der Waals surface area contributed by atoms with Crippen molar-refractivity contribution in [3.8, 4) is 11.1 Å². The van der Waals surface area contributed by atoms with Gasteiger partial charge in [0.15, 0.2) is 0 Å². The van der Waals surface area contributed by atoms with Crippen molar-refractivity contribution in [1.29, 1.82) is 0 Å². The van der Waals surface area contributed by atoms with Gasteiger partial charge in [-0.25, -0.2) is 0 Å². The Bertz CT molecular complexity index is 2140. The van der Waals surface area contributed by atoms with Crippen LogP contribution in [-0.2, 0) is 26.2 Å². The van der Waals surface area contributed by atoms with Crippen molar-refractivity contribution in [2.75, 3.05) is 0 Å². The molecule has 0 aromatic heterocycles. The van der Waals surface area contributed by atoms with Gasteiger partial charge < -0.3 is 24.8 Å². The van der Waals surface area contributed by atoms with Gasteiger partial charge in [0.25, 0.3) is 0 Å². The number of fused-ring (bicyclic) bond motifs is 7. The zero-order valence-corrected chi connectivity index (χ0v) is 31.0. The zero-order valence-electron chi connectivity index (χ0n) is 26.0. The van der Waals surface area contributed by atoms with Crippen molar-refractivity contribution >= 4 is 58.7 Å². The van der Waals surface area contributed by atoms with Crippen LogP contribution in [0.15, 0.2) is 127 Å². The molecule has 0 nitrogen and oxygen atoms in total. The molecule has 0 saturated heterocycles. The quantitative estimate of drug-likeness (QED) is 0.126. The Labute approximate surface area is 301 Å². The SMILES string of the molecule is CC(C)C1=Cc2c(-c3cc4ccccc4c4ccccc34)cccc2C1c1cccc2c1[cH-]c1ccccc12.C[Si]C.[Cl-].[Cl-].[Zr+3]. The summed E-state index contributed by atoms with van der Waals surface area (Å²) in [5.74, 6) is 0.704. The van der Waals surface area contributed by atoms with Crippen LogP contribution < -0.4 is 24.8 Å². The summed E-state index contributed by atoms with van der Waals surface area (Å²) in [6.07, 6.45) is 2.51. The summed E-state index contributed by atoms with van der Waals surface area (Å²) in [5.41, 5.74) is 8.36. The van der Waals surface area contributed by atoms with Gasteiger partial charge in [0.05, 0.1) is 0 Å². The number of benzene rings is 6. The van der Waals surface area contributed by atoms with Crippen molar-refractivity contribution < 1.29 is 51.0 Å². The van der Waals surface area contributed by atoms with Gasteiger partial charge in [0, 0.05) is 15.4 Å². The first-order valence-electron chi connectivity index (χ1n) is 15.0. The molecule has 4 heteroatoms. The van der Waals surface area contributed by atoms with Crippen LogP contribution >= 0.6 is 0 Å². The maximum absolute atomic E-state index is 2.51. The molecule has 8 rings (SSSR count). The van der Waals surface area contributed by atoms with Crippen LogP contribution in [0, 0.1) is 5.92 Å². The standard InChI is InChI=1S/C39H29.C2H6Si.2ClH.Zr/c1-24(2)35-23-38-32(36-21-25-11-3-5-13-27(25)29-15-7-8-16-31(29)36)18-10-20-34(38)39(35)33-19-9-17-30-28-14-6-4-12-26(28)22-37(30)33;1-3-2;;;/h3-24,39H,1-2H3;1-2H3;2*1H;/q-1;;;;+3/p-2. The molecular weight excluding hydrogens is 683 g/mol. The van der Waals surface area contributed by atoms with Gasteiger partial charge in [0.1, 0.15) is 0 Å². The van der Waals surface area contributed by atoms with Crippen LogP contribution in [0.25, 0.3) is 60.3 Å². The first-order valence-corrected chi connectivity index (χ1v) is 17.0. The van der Waals surface area contributed by atoms with E-state index in [9.17, 15) is 0 Å². The fourth-order valence-electron chi connectivity index (χ4n) is 7.04. The Morgan fingerprint density at radius 2 is 1.18 bits per heavy atom. The number of allylic oxidation sites excluding steroid dienone is 1. The van der Waals surface area contributed by atoms with Gasteiger partial charge in [-0.3, -0.25) is 0 Å². The Kier molecular flexibility index (Phi) is 11.4. The molecule has 0 saturated carbocycles. The minimum absolute atomic E-state index is 0. The van der Waals surface area contributed by atoms with Crippen LogP contribution in [0.5, 0.6) is 0 Å². The van der Waals surface area contributed by atoms with Gasteiger partial charge in [0.2, 0.25) is 0 Å². The van der Waals surface area contributed by atoms with E-state index in [4.69, 9.17) is 0 Å². The van der Waals surface area contributed by atoms with Crippen LogP contribution in [-0.4, -0.2) is 9.52 Å². The fourth-order valence-corrected chi connectivity index (χ4v) is 7.04. The maximum atomic E-state index is 2.51. The second kappa shape index (κ2) is 14.7. The second-order valence-corrected chi connectivity index (χ2v) is 12.8. The van der Waals surface area contributed by atoms with E-state index in [1.54, 1.807) is 0 Å². The Balaban J connectivity index is 0.000000741. The zero-order chi connectivity index (χ0) is 28.8. The average molecular weight is 718 g/mol. The predicted octanol–water partition coefficient (Wildman–Crippen LogP) is 5.66. The summed E-state index contributed by atoms with van der Waals surface area (Å²) in [6, 6.07) is 45.1. The van der Waals surface area contributed by atoms with E-state index >= 15 is 0 Å². The summed E-state index contributed by atoms with van der Waals surface area (Å²) in [5, 5.41) is 10.6. The molecule has 0 amide bonds. The Morgan fingerprint density at radius 1 is 0.600 bits per heavy atom. The summed E-state index contributed by atoms with van der Waals surface area (Å²) < 4.78 is 0. The topological polar surface area (TPSA) is 0 Å². The summed E-state index contributed by atoms with van der Waals surface area (Å²) in [4.78, 5) is 0. The average Bonchev–Trinajstić information content (AvgIpc) is 3.60. The van der Waals surface area contributed by atoms with Crippen LogP contribution in [0.2, 0.25) is 13.1 Å². The van der Waals surface area contributed by atoms with Crippen LogP contribution in [0.4, 0.5) is 0 Å². The predicted molar refractivity (Wildman–Crippen MR) is 186 cm³/mol. The van der Waals surface area contributed by atoms with E-state index in [1.807, 2.05) is 0 Å². The number of rotatable bonds is 3. The Morgan fingerprint density at radius 3 is 1.91 bits per heavy atom. The first kappa shape index (κ1) is 35.0. The molecule has 3 radical (unpaired) electrons. The molecule has 0 fully saturated rings. The molecule has 0 spiro atoms. The third kappa shape index (κ3) is 6.04. The van der Waals surface area contributed by atoms with Crippen LogP contribution in [0.1, 0.15) is 36.5 Å². The van der Waals surface area contributed by atoms with Crippen molar-refractivity contribution in [3.63, 3.8) is 0 Å². The van der Waals surface area contributed by atoms with Gasteiger partial charge in [-0.2, -0.15) is 0 Å². The molecule has 45 heavy (non-hydrogen) atoms. The third-order valence-corrected chi connectivity index (χ3v) is 8.82. The van der Waals surface area contributed by atoms with Crippen molar-refractivity contribution in [1.82, 2.24) is 0 Å². The molecule has 1 aliphatic carbocycles. The van der Waals surface area contributed by atoms with Gasteiger partial charge in [-0.15, -0.1) is 33.7 Å². The van der Waals surface area contributed by atoms with E-state index in [-0.39, 0.29) is 56.9 Å². The molecule has 0 N–H and O–H groups in total. The summed E-state index contributed by atoms with van der Waals surface area (Å²) >= 11 is 0. The van der Waals surface area contributed by atoms with Gasteiger partial charge in [-0.05, 0) is 55.8 Å². The van der Waals surface area contributed by atoms with Crippen molar-refractivity contribution in [3.05, 3.63) is 144 Å². The molecule has 221 valence electrons. The molecule has 0 aliphatic heterocycles. The monoisotopic (exact) mass is 715 g/mol. The molecule has 1 unspecified atom stereocenters. The third-order valence-electron chi connectivity index (χ3n) is 8.82. The maximum Gasteiger partial charge on any atom is 3.00 e. The number of hydrogen-bond acceptors (Lipinski definition) is 0.